The van der Waals surface area contributed by atoms with Crippen molar-refractivity contribution in [1.29, 1.82) is 0 Å². The Balaban J connectivity index is 2.63. The van der Waals surface area contributed by atoms with Crippen LogP contribution in [-0.2, 0) is 9.59 Å². The molecule has 0 spiro atoms. The number of carbonyl (C=O) groups excluding carboxylic acids is 1. The SMILES string of the molecule is CC(CC(=O)N(C)CCC(=O)O)c1ccc(F)cc1F. The molecule has 1 unspecified atom stereocenters. The first-order chi connectivity index (χ1) is 9.31. The Morgan fingerprint density at radius 1 is 1.35 bits per heavy atom. The monoisotopic (exact) mass is 285 g/mol. The third-order valence-corrected chi connectivity index (χ3v) is 3.06. The summed E-state index contributed by atoms with van der Waals surface area (Å²) < 4.78 is 26.4. The van der Waals surface area contributed by atoms with Gasteiger partial charge >= 0.3 is 5.97 Å². The van der Waals surface area contributed by atoms with Gasteiger partial charge in [0.1, 0.15) is 11.6 Å². The summed E-state index contributed by atoms with van der Waals surface area (Å²) in [7, 11) is 1.50. The van der Waals surface area contributed by atoms with Crippen LogP contribution in [-0.4, -0.2) is 35.5 Å². The van der Waals surface area contributed by atoms with Gasteiger partial charge in [0.15, 0.2) is 0 Å². The maximum absolute atomic E-state index is 13.6. The van der Waals surface area contributed by atoms with Crippen LogP contribution < -0.4 is 0 Å². The van der Waals surface area contributed by atoms with E-state index in [1.165, 1.54) is 18.0 Å². The molecule has 6 heteroatoms. The minimum Gasteiger partial charge on any atom is -0.481 e. The van der Waals surface area contributed by atoms with Crippen LogP contribution in [0.2, 0.25) is 0 Å². The number of carboxylic acids is 1. The Morgan fingerprint density at radius 2 is 2.00 bits per heavy atom. The first-order valence-corrected chi connectivity index (χ1v) is 6.22. The Labute approximate surface area is 116 Å². The van der Waals surface area contributed by atoms with Gasteiger partial charge in [0, 0.05) is 26.1 Å². The molecule has 1 aromatic rings. The number of halogens is 2. The highest BCUT2D eigenvalue weighted by atomic mass is 19.1. The molecule has 1 atom stereocenters. The summed E-state index contributed by atoms with van der Waals surface area (Å²) in [5, 5.41) is 8.54. The summed E-state index contributed by atoms with van der Waals surface area (Å²) in [6, 6.07) is 3.25. The van der Waals surface area contributed by atoms with E-state index < -0.39 is 23.5 Å². The molecule has 0 aromatic heterocycles. The van der Waals surface area contributed by atoms with Crippen LogP contribution in [0.5, 0.6) is 0 Å². The van der Waals surface area contributed by atoms with Gasteiger partial charge in [-0.25, -0.2) is 8.78 Å². The van der Waals surface area contributed by atoms with E-state index in [1.54, 1.807) is 6.92 Å². The Kier molecular flexibility index (Phi) is 5.61. The number of amides is 1. The minimum absolute atomic E-state index is 0.0403. The average molecular weight is 285 g/mol. The lowest BCUT2D eigenvalue weighted by atomic mass is 9.96. The largest absolute Gasteiger partial charge is 0.481 e. The van der Waals surface area contributed by atoms with Crippen molar-refractivity contribution in [2.45, 2.75) is 25.7 Å². The number of carboxylic acid groups (broad SMARTS) is 1. The van der Waals surface area contributed by atoms with Gasteiger partial charge in [0.2, 0.25) is 5.91 Å². The molecule has 1 rings (SSSR count). The van der Waals surface area contributed by atoms with Crippen LogP contribution >= 0.6 is 0 Å². The van der Waals surface area contributed by atoms with E-state index in [-0.39, 0.29) is 30.9 Å². The van der Waals surface area contributed by atoms with E-state index in [0.717, 1.165) is 12.1 Å². The Hall–Kier alpha value is -1.98. The number of carbonyl (C=O) groups is 2. The van der Waals surface area contributed by atoms with Gasteiger partial charge in [0.25, 0.3) is 0 Å². The molecule has 0 radical (unpaired) electrons. The van der Waals surface area contributed by atoms with Crippen LogP contribution in [0.25, 0.3) is 0 Å². The zero-order valence-electron chi connectivity index (χ0n) is 11.4. The topological polar surface area (TPSA) is 57.6 Å². The van der Waals surface area contributed by atoms with Gasteiger partial charge < -0.3 is 10.0 Å². The standard InChI is InChI=1S/C14H17F2NO3/c1-9(11-4-3-10(15)8-12(11)16)7-13(18)17(2)6-5-14(19)20/h3-4,8-9H,5-7H2,1-2H3,(H,19,20). The predicted molar refractivity (Wildman–Crippen MR) is 69.3 cm³/mol. The van der Waals surface area contributed by atoms with Crippen molar-refractivity contribution in [1.82, 2.24) is 4.90 Å². The van der Waals surface area contributed by atoms with Crippen molar-refractivity contribution in [3.63, 3.8) is 0 Å². The Morgan fingerprint density at radius 3 is 2.55 bits per heavy atom. The summed E-state index contributed by atoms with van der Waals surface area (Å²) in [6.07, 6.45) is -0.0970. The van der Waals surface area contributed by atoms with E-state index >= 15 is 0 Å². The lowest BCUT2D eigenvalue weighted by Gasteiger charge is -2.19. The van der Waals surface area contributed by atoms with E-state index in [1.807, 2.05) is 0 Å². The fraction of sp³-hybridized carbons (Fsp3) is 0.429. The van der Waals surface area contributed by atoms with Crippen molar-refractivity contribution in [2.75, 3.05) is 13.6 Å². The number of benzene rings is 1. The maximum Gasteiger partial charge on any atom is 0.305 e. The highest BCUT2D eigenvalue weighted by molar-refractivity contribution is 5.77. The summed E-state index contributed by atoms with van der Waals surface area (Å²) in [4.78, 5) is 23.6. The normalized spacial score (nSPS) is 12.0. The van der Waals surface area contributed by atoms with Crippen LogP contribution in [0.15, 0.2) is 18.2 Å². The summed E-state index contributed by atoms with van der Waals surface area (Å²) in [5.41, 5.74) is 0.270. The molecule has 0 saturated heterocycles. The van der Waals surface area contributed by atoms with Gasteiger partial charge in [-0.2, -0.15) is 0 Å². The second kappa shape index (κ2) is 6.98. The average Bonchev–Trinajstić information content (AvgIpc) is 2.35. The molecular weight excluding hydrogens is 268 g/mol. The lowest BCUT2D eigenvalue weighted by Crippen LogP contribution is -2.29. The van der Waals surface area contributed by atoms with Crippen molar-refractivity contribution in [2.24, 2.45) is 0 Å². The van der Waals surface area contributed by atoms with E-state index in [2.05, 4.69) is 0 Å². The van der Waals surface area contributed by atoms with Crippen molar-refractivity contribution in [3.05, 3.63) is 35.4 Å². The van der Waals surface area contributed by atoms with Crippen LogP contribution in [0.1, 0.15) is 31.2 Å². The molecule has 0 heterocycles. The molecule has 1 amide bonds. The quantitative estimate of drug-likeness (QED) is 0.873. The zero-order chi connectivity index (χ0) is 15.3. The molecule has 0 saturated carbocycles. The first-order valence-electron chi connectivity index (χ1n) is 6.22. The highest BCUT2D eigenvalue weighted by Crippen LogP contribution is 2.23. The van der Waals surface area contributed by atoms with Gasteiger partial charge in [-0.05, 0) is 17.5 Å². The van der Waals surface area contributed by atoms with E-state index in [4.69, 9.17) is 5.11 Å². The second-order valence-corrected chi connectivity index (χ2v) is 4.73. The second-order valence-electron chi connectivity index (χ2n) is 4.73. The Bertz CT molecular complexity index is 505. The van der Waals surface area contributed by atoms with Crippen LogP contribution in [0.3, 0.4) is 0 Å². The molecule has 1 N–H and O–H groups in total. The van der Waals surface area contributed by atoms with Gasteiger partial charge in [0.05, 0.1) is 6.42 Å². The molecule has 0 bridgehead atoms. The molecular formula is C14H17F2NO3. The van der Waals surface area contributed by atoms with E-state index in [0.29, 0.717) is 0 Å². The molecule has 4 nitrogen and oxygen atoms in total. The van der Waals surface area contributed by atoms with Gasteiger partial charge in [-0.1, -0.05) is 13.0 Å². The van der Waals surface area contributed by atoms with Gasteiger partial charge in [-0.3, -0.25) is 9.59 Å². The fourth-order valence-electron chi connectivity index (χ4n) is 1.82. The maximum atomic E-state index is 13.6. The smallest absolute Gasteiger partial charge is 0.305 e. The number of nitrogens with zero attached hydrogens (tertiary/aromatic N) is 1. The third kappa shape index (κ3) is 4.60. The molecule has 110 valence electrons. The molecule has 20 heavy (non-hydrogen) atoms. The highest BCUT2D eigenvalue weighted by Gasteiger charge is 2.18. The van der Waals surface area contributed by atoms with Gasteiger partial charge in [-0.15, -0.1) is 0 Å². The molecule has 0 aliphatic heterocycles. The van der Waals surface area contributed by atoms with Crippen molar-refractivity contribution >= 4 is 11.9 Å². The first kappa shape index (κ1) is 16.1. The molecule has 0 aliphatic rings. The van der Waals surface area contributed by atoms with Crippen molar-refractivity contribution in [3.8, 4) is 0 Å². The summed E-state index contributed by atoms with van der Waals surface area (Å²) >= 11 is 0. The fourth-order valence-corrected chi connectivity index (χ4v) is 1.82. The van der Waals surface area contributed by atoms with Crippen molar-refractivity contribution < 1.29 is 23.5 Å². The lowest BCUT2D eigenvalue weighted by molar-refractivity contribution is -0.138. The number of hydrogen-bond donors (Lipinski definition) is 1. The third-order valence-electron chi connectivity index (χ3n) is 3.06. The molecule has 1 aromatic carbocycles. The zero-order valence-corrected chi connectivity index (χ0v) is 11.4. The van der Waals surface area contributed by atoms with Crippen LogP contribution in [0.4, 0.5) is 8.78 Å². The summed E-state index contributed by atoms with van der Waals surface area (Å²) in [6.45, 7) is 1.77. The molecule has 0 aliphatic carbocycles. The number of hydrogen-bond acceptors (Lipinski definition) is 2. The predicted octanol–water partition coefficient (Wildman–Crippen LogP) is 2.39. The number of aliphatic carboxylic acids is 1. The van der Waals surface area contributed by atoms with Crippen LogP contribution in [0, 0.1) is 11.6 Å². The van der Waals surface area contributed by atoms with E-state index in [9.17, 15) is 18.4 Å². The molecule has 0 fully saturated rings. The number of rotatable bonds is 6. The minimum atomic E-state index is -0.984. The summed E-state index contributed by atoms with van der Waals surface area (Å²) in [5.74, 6) is -3.01.